The summed E-state index contributed by atoms with van der Waals surface area (Å²) in [5, 5.41) is 1.02. The van der Waals surface area contributed by atoms with Crippen molar-refractivity contribution in [3.05, 3.63) is 83.2 Å². The SMILES string of the molecule is C[C@@H]1CCCC[C@@H]1n1c(=O)n(Cc2ccc(-c3ccccn3)cc2)c2cnc3[nH]ccc3c21. The Morgan fingerprint density at radius 3 is 2.67 bits per heavy atom. The van der Waals surface area contributed by atoms with Gasteiger partial charge in [-0.1, -0.05) is 50.1 Å². The maximum Gasteiger partial charge on any atom is 0.329 e. The predicted molar refractivity (Wildman–Crippen MR) is 131 cm³/mol. The van der Waals surface area contributed by atoms with E-state index in [0.29, 0.717) is 12.5 Å². The van der Waals surface area contributed by atoms with Crippen LogP contribution in [0.4, 0.5) is 0 Å². The maximum absolute atomic E-state index is 13.9. The number of pyridine rings is 2. The molecule has 6 rings (SSSR count). The van der Waals surface area contributed by atoms with Crippen molar-refractivity contribution in [2.75, 3.05) is 0 Å². The number of imidazole rings is 1. The molecular formula is C27H27N5O. The van der Waals surface area contributed by atoms with Gasteiger partial charge >= 0.3 is 5.69 Å². The molecule has 1 saturated carbocycles. The summed E-state index contributed by atoms with van der Waals surface area (Å²) < 4.78 is 3.96. The number of nitrogens with one attached hydrogen (secondary N) is 1. The van der Waals surface area contributed by atoms with E-state index in [1.54, 1.807) is 6.20 Å². The van der Waals surface area contributed by atoms with E-state index < -0.39 is 0 Å². The number of nitrogens with zero attached hydrogens (tertiary/aromatic N) is 4. The second-order valence-electron chi connectivity index (χ2n) is 9.21. The minimum absolute atomic E-state index is 0.0630. The van der Waals surface area contributed by atoms with E-state index >= 15 is 0 Å². The number of rotatable bonds is 4. The highest BCUT2D eigenvalue weighted by molar-refractivity contribution is 6.01. The topological polar surface area (TPSA) is 68.5 Å². The van der Waals surface area contributed by atoms with Crippen LogP contribution in [-0.4, -0.2) is 24.1 Å². The van der Waals surface area contributed by atoms with Crippen LogP contribution in [0, 0.1) is 5.92 Å². The van der Waals surface area contributed by atoms with Crippen LogP contribution >= 0.6 is 0 Å². The molecule has 6 nitrogen and oxygen atoms in total. The summed E-state index contributed by atoms with van der Waals surface area (Å²) in [4.78, 5) is 26.1. The Kier molecular flexibility index (Phi) is 4.86. The molecule has 166 valence electrons. The van der Waals surface area contributed by atoms with Gasteiger partial charge < -0.3 is 4.98 Å². The number of fused-ring (bicyclic) bond motifs is 3. The van der Waals surface area contributed by atoms with Crippen LogP contribution in [0.25, 0.3) is 33.3 Å². The van der Waals surface area contributed by atoms with E-state index in [9.17, 15) is 4.79 Å². The zero-order valence-corrected chi connectivity index (χ0v) is 18.7. The van der Waals surface area contributed by atoms with Crippen molar-refractivity contribution in [2.45, 2.75) is 45.2 Å². The quantitative estimate of drug-likeness (QED) is 0.401. The van der Waals surface area contributed by atoms with Crippen LogP contribution in [0.3, 0.4) is 0 Å². The van der Waals surface area contributed by atoms with Crippen molar-refractivity contribution in [3.8, 4) is 11.3 Å². The van der Waals surface area contributed by atoms with Gasteiger partial charge in [0.15, 0.2) is 0 Å². The first-order valence-corrected chi connectivity index (χ1v) is 11.8. The zero-order valence-electron chi connectivity index (χ0n) is 18.7. The molecule has 0 bridgehead atoms. The molecule has 6 heteroatoms. The van der Waals surface area contributed by atoms with Crippen molar-refractivity contribution in [1.82, 2.24) is 24.1 Å². The Balaban J connectivity index is 1.46. The lowest BCUT2D eigenvalue weighted by atomic mass is 9.85. The van der Waals surface area contributed by atoms with Crippen molar-refractivity contribution >= 4 is 22.1 Å². The average Bonchev–Trinajstić information content (AvgIpc) is 3.43. The van der Waals surface area contributed by atoms with Crippen molar-refractivity contribution < 1.29 is 0 Å². The van der Waals surface area contributed by atoms with E-state index in [1.165, 1.54) is 19.3 Å². The minimum atomic E-state index is 0.0630. The van der Waals surface area contributed by atoms with Gasteiger partial charge in [0.05, 0.1) is 29.5 Å². The van der Waals surface area contributed by atoms with Gasteiger partial charge in [-0.25, -0.2) is 9.78 Å². The zero-order chi connectivity index (χ0) is 22.4. The Morgan fingerprint density at radius 1 is 1.03 bits per heavy atom. The molecule has 1 aliphatic rings. The van der Waals surface area contributed by atoms with Crippen LogP contribution in [-0.2, 0) is 6.54 Å². The molecule has 1 fully saturated rings. The van der Waals surface area contributed by atoms with Gasteiger partial charge in [-0.3, -0.25) is 14.1 Å². The number of hydrogen-bond donors (Lipinski definition) is 1. The van der Waals surface area contributed by atoms with Gasteiger partial charge in [-0.2, -0.15) is 0 Å². The Labute approximate surface area is 191 Å². The third-order valence-electron chi connectivity index (χ3n) is 7.16. The normalized spacial score (nSPS) is 18.8. The molecule has 0 aliphatic heterocycles. The summed E-state index contributed by atoms with van der Waals surface area (Å²) in [6.45, 7) is 2.80. The fourth-order valence-corrected chi connectivity index (χ4v) is 5.40. The molecule has 4 aromatic heterocycles. The van der Waals surface area contributed by atoms with E-state index in [4.69, 9.17) is 0 Å². The highest BCUT2D eigenvalue weighted by atomic mass is 16.1. The van der Waals surface area contributed by atoms with Gasteiger partial charge in [0.2, 0.25) is 0 Å². The Bertz CT molecular complexity index is 1480. The molecule has 1 aromatic carbocycles. The minimum Gasteiger partial charge on any atom is -0.346 e. The monoisotopic (exact) mass is 437 g/mol. The molecule has 1 N–H and O–H groups in total. The average molecular weight is 438 g/mol. The van der Waals surface area contributed by atoms with Crippen LogP contribution in [0.1, 0.15) is 44.2 Å². The summed E-state index contributed by atoms with van der Waals surface area (Å²) in [6.07, 6.45) is 10.2. The highest BCUT2D eigenvalue weighted by Crippen LogP contribution is 2.36. The van der Waals surface area contributed by atoms with Crippen molar-refractivity contribution in [1.29, 1.82) is 0 Å². The lowest BCUT2D eigenvalue weighted by Gasteiger charge is -2.29. The molecule has 0 radical (unpaired) electrons. The van der Waals surface area contributed by atoms with Gasteiger partial charge in [0, 0.05) is 29.4 Å². The number of H-pyrrole nitrogens is 1. The molecule has 0 spiro atoms. The highest BCUT2D eigenvalue weighted by Gasteiger charge is 2.28. The third-order valence-corrected chi connectivity index (χ3v) is 7.16. The van der Waals surface area contributed by atoms with Gasteiger partial charge in [-0.15, -0.1) is 0 Å². The molecule has 0 amide bonds. The summed E-state index contributed by atoms with van der Waals surface area (Å²) >= 11 is 0. The molecule has 2 atom stereocenters. The maximum atomic E-state index is 13.9. The molecule has 5 aromatic rings. The van der Waals surface area contributed by atoms with Crippen LogP contribution < -0.4 is 5.69 Å². The first-order valence-electron chi connectivity index (χ1n) is 11.8. The van der Waals surface area contributed by atoms with E-state index in [-0.39, 0.29) is 11.7 Å². The second kappa shape index (κ2) is 8.03. The molecule has 4 heterocycles. The van der Waals surface area contributed by atoms with Crippen molar-refractivity contribution in [2.24, 2.45) is 5.92 Å². The first-order chi connectivity index (χ1) is 16.2. The molecule has 33 heavy (non-hydrogen) atoms. The lowest BCUT2D eigenvalue weighted by Crippen LogP contribution is -2.32. The third kappa shape index (κ3) is 3.37. The second-order valence-corrected chi connectivity index (χ2v) is 9.21. The van der Waals surface area contributed by atoms with Crippen LogP contribution in [0.15, 0.2) is 71.9 Å². The van der Waals surface area contributed by atoms with Gasteiger partial charge in [0.1, 0.15) is 5.65 Å². The summed E-state index contributed by atoms with van der Waals surface area (Å²) in [6, 6.07) is 16.5. The summed E-state index contributed by atoms with van der Waals surface area (Å²) in [7, 11) is 0. The van der Waals surface area contributed by atoms with E-state index in [1.807, 2.05) is 41.2 Å². The van der Waals surface area contributed by atoms with Crippen LogP contribution in [0.2, 0.25) is 0 Å². The predicted octanol–water partition coefficient (Wildman–Crippen LogP) is 5.54. The Hall–Kier alpha value is -3.67. The van der Waals surface area contributed by atoms with Gasteiger partial charge in [-0.05, 0) is 42.5 Å². The smallest absolute Gasteiger partial charge is 0.329 e. The summed E-state index contributed by atoms with van der Waals surface area (Å²) in [5.41, 5.74) is 5.91. The molecule has 1 aliphatic carbocycles. The molecule has 0 saturated heterocycles. The van der Waals surface area contributed by atoms with E-state index in [0.717, 1.165) is 45.3 Å². The molecule has 0 unspecified atom stereocenters. The lowest BCUT2D eigenvalue weighted by molar-refractivity contribution is 0.256. The Morgan fingerprint density at radius 2 is 1.88 bits per heavy atom. The number of aromatic nitrogens is 5. The largest absolute Gasteiger partial charge is 0.346 e. The van der Waals surface area contributed by atoms with Gasteiger partial charge in [0.25, 0.3) is 0 Å². The fourth-order valence-electron chi connectivity index (χ4n) is 5.40. The number of hydrogen-bond acceptors (Lipinski definition) is 3. The van der Waals surface area contributed by atoms with Crippen LogP contribution in [0.5, 0.6) is 0 Å². The summed E-state index contributed by atoms with van der Waals surface area (Å²) in [5.74, 6) is 0.482. The van der Waals surface area contributed by atoms with Crippen molar-refractivity contribution in [3.63, 3.8) is 0 Å². The number of benzene rings is 1. The van der Waals surface area contributed by atoms with E-state index in [2.05, 4.69) is 50.7 Å². The molecular weight excluding hydrogens is 410 g/mol. The number of aromatic amines is 1. The standard InChI is InChI=1S/C27H27N5O/c1-18-6-2-3-8-23(18)32-25-21-13-15-29-26(21)30-16-24(25)31(27(32)33)17-19-9-11-20(12-10-19)22-7-4-5-14-28-22/h4-5,7,9-16,18,23H,2-3,6,8,17H2,1H3,(H,29,30)/t18-,23+/m1/s1. The first kappa shape index (κ1) is 20.0. The fraction of sp³-hybridized carbons (Fsp3) is 0.296.